The van der Waals surface area contributed by atoms with Crippen LogP contribution < -0.4 is 5.32 Å². The van der Waals surface area contributed by atoms with Crippen molar-refractivity contribution in [3.63, 3.8) is 0 Å². The molecule has 0 saturated heterocycles. The van der Waals surface area contributed by atoms with E-state index in [4.69, 9.17) is 5.11 Å². The van der Waals surface area contributed by atoms with Gasteiger partial charge < -0.3 is 10.4 Å². The Morgan fingerprint density at radius 1 is 1.56 bits per heavy atom. The zero-order valence-electron chi connectivity index (χ0n) is 9.78. The first-order valence-corrected chi connectivity index (χ1v) is 6.38. The first kappa shape index (κ1) is 13.1. The molecule has 0 radical (unpaired) electrons. The number of carbonyl (C=O) groups excluding carboxylic acids is 1. The predicted molar refractivity (Wildman–Crippen MR) is 67.0 cm³/mol. The van der Waals surface area contributed by atoms with Crippen molar-refractivity contribution >= 4 is 17.7 Å². The van der Waals surface area contributed by atoms with Crippen molar-refractivity contribution in [3.05, 3.63) is 29.3 Å². The van der Waals surface area contributed by atoms with Gasteiger partial charge in [-0.3, -0.25) is 4.79 Å². The summed E-state index contributed by atoms with van der Waals surface area (Å²) in [6.07, 6.45) is 1.45. The topological polar surface area (TPSA) is 49.3 Å². The van der Waals surface area contributed by atoms with Crippen molar-refractivity contribution in [2.75, 3.05) is 12.8 Å². The van der Waals surface area contributed by atoms with Gasteiger partial charge in [0.2, 0.25) is 0 Å². The molecule has 0 bridgehead atoms. The van der Waals surface area contributed by atoms with Gasteiger partial charge in [-0.1, -0.05) is 6.07 Å². The number of rotatable bonds is 4. The molecule has 0 spiro atoms. The van der Waals surface area contributed by atoms with Crippen LogP contribution in [0.1, 0.15) is 22.8 Å². The smallest absolute Gasteiger partial charge is 0.251 e. The molecule has 0 saturated carbocycles. The van der Waals surface area contributed by atoms with Crippen molar-refractivity contribution in [1.82, 2.24) is 5.32 Å². The molecule has 3 nitrogen and oxygen atoms in total. The van der Waals surface area contributed by atoms with Crippen molar-refractivity contribution in [2.24, 2.45) is 0 Å². The molecule has 1 aromatic carbocycles. The van der Waals surface area contributed by atoms with E-state index in [0.29, 0.717) is 5.56 Å². The molecular weight excluding hydrogens is 222 g/mol. The van der Waals surface area contributed by atoms with Crippen LogP contribution in [-0.4, -0.2) is 29.9 Å². The fraction of sp³-hybridized carbons (Fsp3) is 0.417. The average Bonchev–Trinajstić information content (AvgIpc) is 2.26. The fourth-order valence-electron chi connectivity index (χ4n) is 1.31. The Hall–Kier alpha value is -1.00. The van der Waals surface area contributed by atoms with Crippen LogP contribution in [0.5, 0.6) is 0 Å². The van der Waals surface area contributed by atoms with Gasteiger partial charge in [0.1, 0.15) is 0 Å². The summed E-state index contributed by atoms with van der Waals surface area (Å²) >= 11 is 1.60. The summed E-state index contributed by atoms with van der Waals surface area (Å²) in [7, 11) is 0. The number of carbonyl (C=O) groups is 1. The molecule has 1 rings (SSSR count). The zero-order chi connectivity index (χ0) is 12.1. The van der Waals surface area contributed by atoms with Crippen LogP contribution in [0.25, 0.3) is 0 Å². The minimum atomic E-state index is -0.520. The molecule has 0 aliphatic rings. The summed E-state index contributed by atoms with van der Waals surface area (Å²) in [5.74, 6) is -0.130. The molecule has 0 aromatic heterocycles. The average molecular weight is 239 g/mol. The number of aliphatic hydroxyl groups excluding tert-OH is 1. The Morgan fingerprint density at radius 2 is 2.25 bits per heavy atom. The lowest BCUT2D eigenvalue weighted by molar-refractivity contribution is 0.0923. The number of hydrogen-bond acceptors (Lipinski definition) is 3. The summed E-state index contributed by atoms with van der Waals surface area (Å²) in [5, 5.41) is 11.8. The number of nitrogens with one attached hydrogen (secondary N) is 1. The van der Waals surface area contributed by atoms with E-state index in [9.17, 15) is 4.79 Å². The normalized spacial score (nSPS) is 12.2. The SMILES string of the molecule is CSc1ccc(C)c(C(=O)NC[C@H](C)O)c1. The Bertz CT molecular complexity index is 377. The van der Waals surface area contributed by atoms with E-state index < -0.39 is 6.10 Å². The van der Waals surface area contributed by atoms with Crippen LogP contribution >= 0.6 is 11.8 Å². The van der Waals surface area contributed by atoms with Crippen molar-refractivity contribution in [1.29, 1.82) is 0 Å². The molecule has 1 amide bonds. The monoisotopic (exact) mass is 239 g/mol. The second-order valence-electron chi connectivity index (χ2n) is 3.74. The summed E-state index contributed by atoms with van der Waals surface area (Å²) in [6, 6.07) is 5.80. The van der Waals surface area contributed by atoms with Gasteiger partial charge in [0.15, 0.2) is 0 Å². The second kappa shape index (κ2) is 5.92. The maximum Gasteiger partial charge on any atom is 0.251 e. The zero-order valence-corrected chi connectivity index (χ0v) is 10.6. The molecule has 0 aliphatic heterocycles. The molecular formula is C12H17NO2S. The fourth-order valence-corrected chi connectivity index (χ4v) is 1.75. The lowest BCUT2D eigenvalue weighted by Crippen LogP contribution is -2.31. The lowest BCUT2D eigenvalue weighted by Gasteiger charge is -2.10. The number of hydrogen-bond donors (Lipinski definition) is 2. The Labute approximate surface area is 100 Å². The molecule has 2 N–H and O–H groups in total. The van der Waals surface area contributed by atoms with E-state index >= 15 is 0 Å². The van der Waals surface area contributed by atoms with E-state index in [2.05, 4.69) is 5.32 Å². The minimum Gasteiger partial charge on any atom is -0.392 e. The molecule has 0 heterocycles. The van der Waals surface area contributed by atoms with Gasteiger partial charge in [0.05, 0.1) is 6.10 Å². The highest BCUT2D eigenvalue weighted by Gasteiger charge is 2.10. The number of aryl methyl sites for hydroxylation is 1. The van der Waals surface area contributed by atoms with Crippen LogP contribution in [0, 0.1) is 6.92 Å². The van der Waals surface area contributed by atoms with Crippen LogP contribution in [0.15, 0.2) is 23.1 Å². The largest absolute Gasteiger partial charge is 0.392 e. The second-order valence-corrected chi connectivity index (χ2v) is 4.62. The molecule has 1 atom stereocenters. The van der Waals surface area contributed by atoms with Gasteiger partial charge >= 0.3 is 0 Å². The van der Waals surface area contributed by atoms with Gasteiger partial charge in [0.25, 0.3) is 5.91 Å². The van der Waals surface area contributed by atoms with Crippen molar-refractivity contribution < 1.29 is 9.90 Å². The molecule has 1 aromatic rings. The van der Waals surface area contributed by atoms with Crippen molar-refractivity contribution in [3.8, 4) is 0 Å². The number of amides is 1. The quantitative estimate of drug-likeness (QED) is 0.788. The highest BCUT2D eigenvalue weighted by molar-refractivity contribution is 7.98. The maximum atomic E-state index is 11.8. The number of aliphatic hydroxyl groups is 1. The number of thioether (sulfide) groups is 1. The van der Waals surface area contributed by atoms with Gasteiger partial charge in [-0.2, -0.15) is 0 Å². The Morgan fingerprint density at radius 3 is 2.81 bits per heavy atom. The summed E-state index contributed by atoms with van der Waals surface area (Å²) < 4.78 is 0. The molecule has 0 aliphatic carbocycles. The molecule has 0 fully saturated rings. The van der Waals surface area contributed by atoms with Crippen LogP contribution in [0.3, 0.4) is 0 Å². The standard InChI is InChI=1S/C12H17NO2S/c1-8-4-5-10(16-3)6-11(8)12(15)13-7-9(2)14/h4-6,9,14H,7H2,1-3H3,(H,13,15)/t9-/m0/s1. The summed E-state index contributed by atoms with van der Waals surface area (Å²) in [6.45, 7) is 3.83. The van der Waals surface area contributed by atoms with E-state index in [0.717, 1.165) is 10.5 Å². The van der Waals surface area contributed by atoms with Gasteiger partial charge in [-0.15, -0.1) is 11.8 Å². The van der Waals surface area contributed by atoms with Crippen LogP contribution in [-0.2, 0) is 0 Å². The summed E-state index contributed by atoms with van der Waals surface area (Å²) in [4.78, 5) is 12.9. The van der Waals surface area contributed by atoms with Crippen LogP contribution in [0.4, 0.5) is 0 Å². The first-order chi connectivity index (χ1) is 7.54. The molecule has 0 unspecified atom stereocenters. The highest BCUT2D eigenvalue weighted by atomic mass is 32.2. The third-order valence-corrected chi connectivity index (χ3v) is 2.97. The van der Waals surface area contributed by atoms with Crippen molar-refractivity contribution in [2.45, 2.75) is 24.8 Å². The van der Waals surface area contributed by atoms with Gasteiger partial charge in [-0.25, -0.2) is 0 Å². The Balaban J connectivity index is 2.81. The van der Waals surface area contributed by atoms with E-state index in [1.165, 1.54) is 0 Å². The van der Waals surface area contributed by atoms with Gasteiger partial charge in [-0.05, 0) is 37.8 Å². The third-order valence-electron chi connectivity index (χ3n) is 2.25. The minimum absolute atomic E-state index is 0.130. The van der Waals surface area contributed by atoms with E-state index in [-0.39, 0.29) is 12.5 Å². The highest BCUT2D eigenvalue weighted by Crippen LogP contribution is 2.18. The Kier molecular flexibility index (Phi) is 4.83. The van der Waals surface area contributed by atoms with E-state index in [1.54, 1.807) is 18.7 Å². The third kappa shape index (κ3) is 3.54. The van der Waals surface area contributed by atoms with Crippen LogP contribution in [0.2, 0.25) is 0 Å². The van der Waals surface area contributed by atoms with Gasteiger partial charge in [0, 0.05) is 17.0 Å². The van der Waals surface area contributed by atoms with E-state index in [1.807, 2.05) is 31.4 Å². The predicted octanol–water partition coefficient (Wildman–Crippen LogP) is 1.83. The first-order valence-electron chi connectivity index (χ1n) is 5.15. The maximum absolute atomic E-state index is 11.8. The number of benzene rings is 1. The molecule has 4 heteroatoms. The molecule has 16 heavy (non-hydrogen) atoms. The lowest BCUT2D eigenvalue weighted by atomic mass is 10.1. The molecule has 88 valence electrons. The summed E-state index contributed by atoms with van der Waals surface area (Å²) in [5.41, 5.74) is 1.62.